The van der Waals surface area contributed by atoms with E-state index < -0.39 is 28.7 Å². The third-order valence-electron chi connectivity index (χ3n) is 4.52. The smallest absolute Gasteiger partial charge is 0.333 e. The van der Waals surface area contributed by atoms with Crippen molar-refractivity contribution < 1.29 is 22.4 Å². The molecule has 4 rings (SSSR count). The summed E-state index contributed by atoms with van der Waals surface area (Å²) >= 11 is 0. The Bertz CT molecular complexity index is 1090. The Kier molecular flexibility index (Phi) is 5.43. The van der Waals surface area contributed by atoms with Crippen molar-refractivity contribution in [1.29, 1.82) is 0 Å². The van der Waals surface area contributed by atoms with Gasteiger partial charge in [0.1, 0.15) is 12.4 Å². The molecule has 0 amide bonds. The van der Waals surface area contributed by atoms with Crippen LogP contribution in [0.1, 0.15) is 18.2 Å². The fourth-order valence-electron chi connectivity index (χ4n) is 3.21. The Hall–Kier alpha value is -2.64. The second kappa shape index (κ2) is 8.00. The third-order valence-corrected chi connectivity index (χ3v) is 4.98. The summed E-state index contributed by atoms with van der Waals surface area (Å²) in [6.07, 6.45) is 0.774. The number of benzene rings is 1. The molecule has 1 aromatic carbocycles. The molecular weight excluding hydrogens is 400 g/mol. The number of hydrogen-bond donors (Lipinski definition) is 3. The average molecular weight is 420 g/mol. The number of fused-ring (bicyclic) bond motifs is 1. The van der Waals surface area contributed by atoms with Crippen LogP contribution in [0.2, 0.25) is 0 Å². The molecule has 1 saturated heterocycles. The highest BCUT2D eigenvalue weighted by Crippen LogP contribution is 2.32. The number of anilines is 1. The highest BCUT2D eigenvalue weighted by molar-refractivity contribution is 7.84. The van der Waals surface area contributed by atoms with E-state index in [2.05, 4.69) is 24.5 Å². The first kappa shape index (κ1) is 19.7. The first-order valence-electron chi connectivity index (χ1n) is 8.87. The summed E-state index contributed by atoms with van der Waals surface area (Å²) in [6.45, 7) is 0.285. The van der Waals surface area contributed by atoms with Gasteiger partial charge in [-0.2, -0.15) is 8.42 Å². The standard InChI is InChI=1S/C17H20N6O5S/c18-29(25,26)27-8-12-6-13(24)17(28-12)23-10-22-14-15(20-9-21-16(14)23)19-7-11-4-2-1-3-5-11/h1-5,9-10,12-13,17,24H,6-8H2,(H2,18,25,26)(H,19,20,21)/t12-,13+,17+/m0/s1. The van der Waals surface area contributed by atoms with E-state index in [0.29, 0.717) is 23.5 Å². The van der Waals surface area contributed by atoms with Crippen LogP contribution in [-0.2, 0) is 25.8 Å². The fourth-order valence-corrected chi connectivity index (χ4v) is 3.55. The van der Waals surface area contributed by atoms with E-state index in [0.717, 1.165) is 5.56 Å². The number of nitrogens with zero attached hydrogens (tertiary/aromatic N) is 4. The van der Waals surface area contributed by atoms with Gasteiger partial charge in [0.2, 0.25) is 0 Å². The van der Waals surface area contributed by atoms with E-state index in [-0.39, 0.29) is 13.0 Å². The van der Waals surface area contributed by atoms with Gasteiger partial charge in [-0.25, -0.2) is 20.1 Å². The lowest BCUT2D eigenvalue weighted by Crippen LogP contribution is -2.23. The van der Waals surface area contributed by atoms with Crippen molar-refractivity contribution >= 4 is 27.3 Å². The maximum absolute atomic E-state index is 11.0. The minimum Gasteiger partial charge on any atom is -0.388 e. The lowest BCUT2D eigenvalue weighted by molar-refractivity contribution is -0.0452. The van der Waals surface area contributed by atoms with Gasteiger partial charge in [0.05, 0.1) is 19.0 Å². The van der Waals surface area contributed by atoms with Crippen molar-refractivity contribution in [3.05, 3.63) is 48.5 Å². The molecule has 12 heteroatoms. The number of nitrogens with one attached hydrogen (secondary N) is 1. The van der Waals surface area contributed by atoms with E-state index in [4.69, 9.17) is 9.88 Å². The summed E-state index contributed by atoms with van der Waals surface area (Å²) in [7, 11) is -4.08. The monoisotopic (exact) mass is 420 g/mol. The van der Waals surface area contributed by atoms with Crippen molar-refractivity contribution in [2.45, 2.75) is 31.4 Å². The van der Waals surface area contributed by atoms with Gasteiger partial charge in [0.25, 0.3) is 0 Å². The van der Waals surface area contributed by atoms with Gasteiger partial charge in [-0.3, -0.25) is 8.75 Å². The van der Waals surface area contributed by atoms with Crippen molar-refractivity contribution in [1.82, 2.24) is 19.5 Å². The Balaban J connectivity index is 1.51. The maximum Gasteiger partial charge on any atom is 0.333 e. The van der Waals surface area contributed by atoms with Crippen LogP contribution in [-0.4, -0.2) is 51.9 Å². The van der Waals surface area contributed by atoms with Gasteiger partial charge in [-0.1, -0.05) is 30.3 Å². The summed E-state index contributed by atoms with van der Waals surface area (Å²) in [5, 5.41) is 18.4. The van der Waals surface area contributed by atoms with Gasteiger partial charge >= 0.3 is 10.3 Å². The minimum absolute atomic E-state index is 0.185. The summed E-state index contributed by atoms with van der Waals surface area (Å²) < 4.78 is 33.8. The van der Waals surface area contributed by atoms with Gasteiger partial charge in [0.15, 0.2) is 23.2 Å². The maximum atomic E-state index is 11.0. The van der Waals surface area contributed by atoms with E-state index in [9.17, 15) is 13.5 Å². The number of rotatable bonds is 7. The molecule has 29 heavy (non-hydrogen) atoms. The average Bonchev–Trinajstić information content (AvgIpc) is 3.28. The number of aliphatic hydroxyl groups is 1. The quantitative estimate of drug-likeness (QED) is 0.489. The molecule has 1 aliphatic rings. The predicted molar refractivity (Wildman–Crippen MR) is 103 cm³/mol. The summed E-state index contributed by atoms with van der Waals surface area (Å²) in [5.74, 6) is 0.555. The number of ether oxygens (including phenoxy) is 1. The molecule has 154 valence electrons. The minimum atomic E-state index is -4.08. The second-order valence-corrected chi connectivity index (χ2v) is 7.84. The number of imidazole rings is 1. The zero-order valence-corrected chi connectivity index (χ0v) is 16.1. The zero-order valence-electron chi connectivity index (χ0n) is 15.2. The zero-order chi connectivity index (χ0) is 20.4. The molecule has 11 nitrogen and oxygen atoms in total. The van der Waals surface area contributed by atoms with Crippen LogP contribution >= 0.6 is 0 Å². The molecule has 0 spiro atoms. The van der Waals surface area contributed by atoms with E-state index >= 15 is 0 Å². The van der Waals surface area contributed by atoms with Crippen LogP contribution in [0.5, 0.6) is 0 Å². The van der Waals surface area contributed by atoms with E-state index in [1.807, 2.05) is 30.3 Å². The fraction of sp³-hybridized carbons (Fsp3) is 0.353. The number of nitrogens with two attached hydrogens (primary N) is 1. The normalized spacial score (nSPS) is 22.2. The van der Waals surface area contributed by atoms with Crippen molar-refractivity contribution in [2.24, 2.45) is 5.14 Å². The van der Waals surface area contributed by atoms with Gasteiger partial charge in [-0.05, 0) is 5.56 Å². The van der Waals surface area contributed by atoms with Crippen molar-refractivity contribution in [2.75, 3.05) is 11.9 Å². The number of aromatic nitrogens is 4. The van der Waals surface area contributed by atoms with E-state index in [1.54, 1.807) is 4.57 Å². The molecular formula is C17H20N6O5S. The van der Waals surface area contributed by atoms with Crippen molar-refractivity contribution in [3.8, 4) is 0 Å². The molecule has 4 N–H and O–H groups in total. The van der Waals surface area contributed by atoms with Crippen LogP contribution in [0.4, 0.5) is 5.82 Å². The summed E-state index contributed by atoms with van der Waals surface area (Å²) in [5.41, 5.74) is 2.10. The predicted octanol–water partition coefficient (Wildman–Crippen LogP) is 0.307. The summed E-state index contributed by atoms with van der Waals surface area (Å²) in [4.78, 5) is 12.9. The highest BCUT2D eigenvalue weighted by Gasteiger charge is 2.37. The molecule has 0 aliphatic carbocycles. The topological polar surface area (TPSA) is 154 Å². The van der Waals surface area contributed by atoms with Crippen LogP contribution in [0.3, 0.4) is 0 Å². The lowest BCUT2D eigenvalue weighted by atomic mass is 10.2. The third kappa shape index (κ3) is 4.52. The molecule has 0 radical (unpaired) electrons. The van der Waals surface area contributed by atoms with Gasteiger partial charge < -0.3 is 15.2 Å². The Morgan fingerprint density at radius 1 is 1.28 bits per heavy atom. The molecule has 0 saturated carbocycles. The van der Waals surface area contributed by atoms with Crippen LogP contribution in [0.15, 0.2) is 43.0 Å². The molecule has 1 fully saturated rings. The Labute approximate surface area is 166 Å². The molecule has 1 aliphatic heterocycles. The van der Waals surface area contributed by atoms with Crippen LogP contribution < -0.4 is 10.5 Å². The molecule has 0 unspecified atom stereocenters. The van der Waals surface area contributed by atoms with Crippen LogP contribution in [0, 0.1) is 0 Å². The molecule has 3 heterocycles. The first-order valence-corrected chi connectivity index (χ1v) is 10.3. The summed E-state index contributed by atoms with van der Waals surface area (Å²) in [6, 6.07) is 9.85. The molecule has 3 atom stereocenters. The molecule has 0 bridgehead atoms. The van der Waals surface area contributed by atoms with Gasteiger partial charge in [0, 0.05) is 13.0 Å². The molecule has 2 aromatic heterocycles. The number of aliphatic hydroxyl groups excluding tert-OH is 1. The largest absolute Gasteiger partial charge is 0.388 e. The van der Waals surface area contributed by atoms with Crippen molar-refractivity contribution in [3.63, 3.8) is 0 Å². The molecule has 3 aromatic rings. The highest BCUT2D eigenvalue weighted by atomic mass is 32.2. The van der Waals surface area contributed by atoms with Crippen LogP contribution in [0.25, 0.3) is 11.2 Å². The Morgan fingerprint density at radius 2 is 2.07 bits per heavy atom. The van der Waals surface area contributed by atoms with Gasteiger partial charge in [-0.15, -0.1) is 0 Å². The van der Waals surface area contributed by atoms with E-state index in [1.165, 1.54) is 12.7 Å². The number of hydrogen-bond acceptors (Lipinski definition) is 9. The first-order chi connectivity index (χ1) is 13.9. The SMILES string of the molecule is NS(=O)(=O)OC[C@@H]1C[C@@H](O)[C@H](n2cnc3c(NCc4ccccc4)ncnc32)O1. The lowest BCUT2D eigenvalue weighted by Gasteiger charge is -2.16. The second-order valence-electron chi connectivity index (χ2n) is 6.61. The Morgan fingerprint density at radius 3 is 2.83 bits per heavy atom.